The third-order valence-electron chi connectivity index (χ3n) is 4.28. The number of carbonyl (C=O) groups excluding carboxylic acids is 1. The minimum absolute atomic E-state index is 0.205. The summed E-state index contributed by atoms with van der Waals surface area (Å²) in [6, 6.07) is 0. The summed E-state index contributed by atoms with van der Waals surface area (Å²) in [6.07, 6.45) is 9.68. The Balaban J connectivity index is 4.54. The summed E-state index contributed by atoms with van der Waals surface area (Å²) in [5, 5.41) is 8.57. The van der Waals surface area contributed by atoms with Gasteiger partial charge in [0.15, 0.2) is 0 Å². The standard InChI is InChI=1S/C18H32O4/c1-6-7-8-9-10-11-14-18(5,17(2,3)4)22-16(21)13-12-15(19)20/h12-13H,6-11,14H2,1-5H3,(H,19,20)/b13-12-. The van der Waals surface area contributed by atoms with Crippen LogP contribution < -0.4 is 0 Å². The van der Waals surface area contributed by atoms with Gasteiger partial charge >= 0.3 is 11.9 Å². The van der Waals surface area contributed by atoms with Crippen LogP contribution in [-0.4, -0.2) is 22.6 Å². The second-order valence-electron chi connectivity index (χ2n) is 7.09. The molecule has 0 radical (unpaired) electrons. The average Bonchev–Trinajstić information content (AvgIpc) is 2.39. The predicted octanol–water partition coefficient (Wildman–Crippen LogP) is 4.73. The summed E-state index contributed by atoms with van der Waals surface area (Å²) >= 11 is 0. The first kappa shape index (κ1) is 20.7. The Morgan fingerprint density at radius 1 is 0.955 bits per heavy atom. The molecule has 0 aliphatic rings. The van der Waals surface area contributed by atoms with Crippen molar-refractivity contribution in [1.82, 2.24) is 0 Å². The molecule has 0 spiro atoms. The third-order valence-corrected chi connectivity index (χ3v) is 4.28. The first-order valence-corrected chi connectivity index (χ1v) is 8.26. The highest BCUT2D eigenvalue weighted by atomic mass is 16.6. The lowest BCUT2D eigenvalue weighted by Gasteiger charge is -2.41. The van der Waals surface area contributed by atoms with Gasteiger partial charge in [0.25, 0.3) is 0 Å². The van der Waals surface area contributed by atoms with Gasteiger partial charge in [0.2, 0.25) is 0 Å². The van der Waals surface area contributed by atoms with E-state index in [9.17, 15) is 9.59 Å². The van der Waals surface area contributed by atoms with Crippen molar-refractivity contribution in [2.45, 2.75) is 85.2 Å². The van der Waals surface area contributed by atoms with Crippen LogP contribution in [-0.2, 0) is 14.3 Å². The van der Waals surface area contributed by atoms with Crippen LogP contribution in [0.15, 0.2) is 12.2 Å². The molecule has 0 rings (SSSR count). The van der Waals surface area contributed by atoms with Crippen LogP contribution in [0.4, 0.5) is 0 Å². The van der Waals surface area contributed by atoms with Crippen molar-refractivity contribution < 1.29 is 19.4 Å². The molecular weight excluding hydrogens is 280 g/mol. The number of rotatable bonds is 10. The van der Waals surface area contributed by atoms with Crippen molar-refractivity contribution >= 4 is 11.9 Å². The zero-order valence-electron chi connectivity index (χ0n) is 14.8. The molecule has 128 valence electrons. The van der Waals surface area contributed by atoms with Crippen molar-refractivity contribution in [3.63, 3.8) is 0 Å². The van der Waals surface area contributed by atoms with Crippen LogP contribution in [0.3, 0.4) is 0 Å². The Labute approximate surface area is 134 Å². The summed E-state index contributed by atoms with van der Waals surface area (Å²) < 4.78 is 5.59. The second-order valence-corrected chi connectivity index (χ2v) is 7.09. The molecule has 0 bridgehead atoms. The number of unbranched alkanes of at least 4 members (excludes halogenated alkanes) is 5. The van der Waals surface area contributed by atoms with Gasteiger partial charge in [-0.05, 0) is 19.8 Å². The molecule has 0 saturated carbocycles. The molecule has 0 saturated heterocycles. The van der Waals surface area contributed by atoms with E-state index in [0.29, 0.717) is 0 Å². The molecule has 0 aromatic heterocycles. The summed E-state index contributed by atoms with van der Waals surface area (Å²) in [7, 11) is 0. The van der Waals surface area contributed by atoms with Crippen molar-refractivity contribution in [3.05, 3.63) is 12.2 Å². The van der Waals surface area contributed by atoms with Crippen molar-refractivity contribution in [2.24, 2.45) is 5.41 Å². The Morgan fingerprint density at radius 2 is 1.50 bits per heavy atom. The van der Waals surface area contributed by atoms with Gasteiger partial charge in [-0.1, -0.05) is 59.8 Å². The van der Waals surface area contributed by atoms with E-state index in [1.165, 1.54) is 25.7 Å². The fraction of sp³-hybridized carbons (Fsp3) is 0.778. The molecule has 1 N–H and O–H groups in total. The van der Waals surface area contributed by atoms with Crippen LogP contribution >= 0.6 is 0 Å². The largest absolute Gasteiger partial charge is 0.478 e. The molecule has 0 amide bonds. The summed E-state index contributed by atoms with van der Waals surface area (Å²) in [5.74, 6) is -1.74. The SMILES string of the molecule is CCCCCCCCC(C)(OC(=O)/C=C\C(=O)O)C(C)(C)C. The van der Waals surface area contributed by atoms with E-state index in [1.54, 1.807) is 0 Å². The predicted molar refractivity (Wildman–Crippen MR) is 88.7 cm³/mol. The first-order valence-electron chi connectivity index (χ1n) is 8.26. The molecule has 1 unspecified atom stereocenters. The Kier molecular flexibility index (Phi) is 9.07. The van der Waals surface area contributed by atoms with Crippen LogP contribution in [0, 0.1) is 5.41 Å². The number of hydrogen-bond donors (Lipinski definition) is 1. The molecule has 4 nitrogen and oxygen atoms in total. The zero-order valence-corrected chi connectivity index (χ0v) is 14.8. The fourth-order valence-corrected chi connectivity index (χ4v) is 2.22. The summed E-state index contributed by atoms with van der Waals surface area (Å²) in [6.45, 7) is 10.3. The third kappa shape index (κ3) is 8.20. The lowest BCUT2D eigenvalue weighted by atomic mass is 9.74. The van der Waals surface area contributed by atoms with E-state index < -0.39 is 17.5 Å². The van der Waals surface area contributed by atoms with Gasteiger partial charge in [-0.3, -0.25) is 0 Å². The molecule has 0 aromatic rings. The van der Waals surface area contributed by atoms with Crippen LogP contribution in [0.1, 0.15) is 79.6 Å². The molecular formula is C18H32O4. The van der Waals surface area contributed by atoms with Crippen LogP contribution in [0.25, 0.3) is 0 Å². The first-order chi connectivity index (χ1) is 10.1. The highest BCUT2D eigenvalue weighted by Gasteiger charge is 2.40. The smallest absolute Gasteiger partial charge is 0.331 e. The minimum Gasteiger partial charge on any atom is -0.478 e. The summed E-state index contributed by atoms with van der Waals surface area (Å²) in [4.78, 5) is 22.3. The lowest BCUT2D eigenvalue weighted by Crippen LogP contribution is -2.44. The average molecular weight is 312 g/mol. The van der Waals surface area contributed by atoms with Gasteiger partial charge in [0, 0.05) is 17.6 Å². The number of ether oxygens (including phenoxy) is 1. The van der Waals surface area contributed by atoms with E-state index in [2.05, 4.69) is 6.92 Å². The molecule has 0 fully saturated rings. The second kappa shape index (κ2) is 9.65. The topological polar surface area (TPSA) is 63.6 Å². The number of aliphatic carboxylic acids is 1. The zero-order chi connectivity index (χ0) is 17.2. The molecule has 22 heavy (non-hydrogen) atoms. The molecule has 1 atom stereocenters. The maximum absolute atomic E-state index is 11.8. The monoisotopic (exact) mass is 312 g/mol. The normalized spacial score (nSPS) is 14.8. The highest BCUT2D eigenvalue weighted by molar-refractivity contribution is 5.90. The Bertz CT molecular complexity index is 379. The van der Waals surface area contributed by atoms with Gasteiger partial charge in [0.1, 0.15) is 5.60 Å². The van der Waals surface area contributed by atoms with Crippen molar-refractivity contribution in [3.8, 4) is 0 Å². The van der Waals surface area contributed by atoms with Crippen LogP contribution in [0.5, 0.6) is 0 Å². The van der Waals surface area contributed by atoms with Gasteiger partial charge in [-0.15, -0.1) is 0 Å². The number of carbonyl (C=O) groups is 2. The molecule has 0 aromatic carbocycles. The number of carboxylic acid groups (broad SMARTS) is 1. The van der Waals surface area contributed by atoms with E-state index in [4.69, 9.17) is 9.84 Å². The molecule has 4 heteroatoms. The molecule has 0 heterocycles. The van der Waals surface area contributed by atoms with Crippen LogP contribution in [0.2, 0.25) is 0 Å². The van der Waals surface area contributed by atoms with Gasteiger partial charge < -0.3 is 9.84 Å². The molecule has 0 aliphatic heterocycles. The van der Waals surface area contributed by atoms with Gasteiger partial charge in [-0.25, -0.2) is 9.59 Å². The number of hydrogen-bond acceptors (Lipinski definition) is 3. The highest BCUT2D eigenvalue weighted by Crippen LogP contribution is 2.38. The van der Waals surface area contributed by atoms with E-state index in [-0.39, 0.29) is 5.41 Å². The van der Waals surface area contributed by atoms with Crippen molar-refractivity contribution in [1.29, 1.82) is 0 Å². The molecule has 0 aliphatic carbocycles. The van der Waals surface area contributed by atoms with Gasteiger partial charge in [0.05, 0.1) is 0 Å². The van der Waals surface area contributed by atoms with E-state index >= 15 is 0 Å². The van der Waals surface area contributed by atoms with Crippen molar-refractivity contribution in [2.75, 3.05) is 0 Å². The quantitative estimate of drug-likeness (QED) is 0.360. The lowest BCUT2D eigenvalue weighted by molar-refractivity contribution is -0.165. The number of carboxylic acids is 1. The minimum atomic E-state index is -1.15. The summed E-state index contributed by atoms with van der Waals surface area (Å²) in [5.41, 5.74) is -0.805. The number of esters is 1. The maximum atomic E-state index is 11.8. The Morgan fingerprint density at radius 3 is 2.00 bits per heavy atom. The van der Waals surface area contributed by atoms with E-state index in [0.717, 1.165) is 31.4 Å². The Hall–Kier alpha value is -1.32. The van der Waals surface area contributed by atoms with Gasteiger partial charge in [-0.2, -0.15) is 0 Å². The van der Waals surface area contributed by atoms with E-state index in [1.807, 2.05) is 27.7 Å². The maximum Gasteiger partial charge on any atom is 0.331 e. The fourth-order valence-electron chi connectivity index (χ4n) is 2.22.